The van der Waals surface area contributed by atoms with E-state index in [1.807, 2.05) is 0 Å². The maximum atomic E-state index is 9.20. The van der Waals surface area contributed by atoms with Crippen LogP contribution in [0.3, 0.4) is 0 Å². The number of methoxy groups -OCH3 is 2. The predicted octanol–water partition coefficient (Wildman–Crippen LogP) is 0.415. The number of rotatable bonds is 4. The van der Waals surface area contributed by atoms with Crippen LogP contribution < -0.4 is 0 Å². The maximum absolute atomic E-state index is 9.20. The minimum absolute atomic E-state index is 0.277. The van der Waals surface area contributed by atoms with Crippen LogP contribution in [0.25, 0.3) is 0 Å². The van der Waals surface area contributed by atoms with E-state index < -0.39 is 13.7 Å². The fourth-order valence-corrected chi connectivity index (χ4v) is 1.56. The quantitative estimate of drug-likeness (QED) is 0.473. The molecule has 2 N–H and O–H groups in total. The van der Waals surface area contributed by atoms with E-state index in [1.165, 1.54) is 14.2 Å². The Morgan fingerprint density at radius 3 is 1.80 bits per heavy atom. The van der Waals surface area contributed by atoms with Gasteiger partial charge in [0.15, 0.2) is 0 Å². The van der Waals surface area contributed by atoms with Gasteiger partial charge in [-0.25, -0.2) is 9.79 Å². The van der Waals surface area contributed by atoms with Crippen molar-refractivity contribution < 1.29 is 19.3 Å². The molecule has 62 valence electrons. The summed E-state index contributed by atoms with van der Waals surface area (Å²) in [5, 5.41) is 0. The Hall–Kier alpha value is 0.270. The number of hydrogen-bond donors (Lipinski definition) is 2. The third kappa shape index (κ3) is 2.48. The fourth-order valence-electron chi connectivity index (χ4n) is 0.583. The Kier molecular flexibility index (Phi) is 4.32. The van der Waals surface area contributed by atoms with E-state index in [9.17, 15) is 9.79 Å². The summed E-state index contributed by atoms with van der Waals surface area (Å²) in [6.07, 6.45) is 0.277. The lowest BCUT2D eigenvalue weighted by molar-refractivity contribution is -0.0541. The molecule has 0 aromatic rings. The second kappa shape index (κ2) is 4.21. The normalized spacial score (nSPS) is 12.6. The molecule has 0 bridgehead atoms. The van der Waals surface area contributed by atoms with Crippen LogP contribution in [0.1, 0.15) is 6.92 Å². The van der Waals surface area contributed by atoms with Crippen molar-refractivity contribution in [2.45, 2.75) is 13.0 Å². The molecule has 0 radical (unpaired) electrons. The summed E-state index contributed by atoms with van der Waals surface area (Å²) in [6.45, 7) is 1.68. The van der Waals surface area contributed by atoms with Crippen molar-refractivity contribution in [3.05, 3.63) is 0 Å². The number of hydrogen-bond acceptors (Lipinski definition) is 4. The first-order valence-corrected chi connectivity index (χ1v) is 4.92. The van der Waals surface area contributed by atoms with Crippen molar-refractivity contribution in [1.82, 2.24) is 0 Å². The third-order valence-electron chi connectivity index (χ3n) is 1.21. The van der Waals surface area contributed by atoms with E-state index in [-0.39, 0.29) is 6.16 Å². The lowest BCUT2D eigenvalue weighted by Crippen LogP contribution is -2.18. The molecule has 0 fully saturated rings. The molecule has 0 unspecified atom stereocenters. The SMILES string of the molecule is CC[P+](O)(O)C(OC)OC. The summed E-state index contributed by atoms with van der Waals surface area (Å²) in [4.78, 5) is 18.4. The van der Waals surface area contributed by atoms with Crippen molar-refractivity contribution in [2.75, 3.05) is 20.4 Å². The highest BCUT2D eigenvalue weighted by Gasteiger charge is 2.43. The van der Waals surface area contributed by atoms with Gasteiger partial charge in [0, 0.05) is 14.2 Å². The van der Waals surface area contributed by atoms with Crippen LogP contribution in [0.5, 0.6) is 0 Å². The molecule has 0 saturated heterocycles. The van der Waals surface area contributed by atoms with E-state index in [0.29, 0.717) is 0 Å². The first kappa shape index (κ1) is 10.3. The van der Waals surface area contributed by atoms with Crippen molar-refractivity contribution in [3.8, 4) is 0 Å². The highest BCUT2D eigenvalue weighted by atomic mass is 31.2. The first-order valence-electron chi connectivity index (χ1n) is 2.97. The molecular formula is C5H14O4P+. The van der Waals surface area contributed by atoms with Crippen molar-refractivity contribution in [2.24, 2.45) is 0 Å². The summed E-state index contributed by atoms with van der Waals surface area (Å²) >= 11 is 0. The third-order valence-corrected chi connectivity index (χ3v) is 3.23. The van der Waals surface area contributed by atoms with Crippen LogP contribution in [0.15, 0.2) is 0 Å². The van der Waals surface area contributed by atoms with Crippen LogP contribution in [-0.2, 0) is 9.47 Å². The summed E-state index contributed by atoms with van der Waals surface area (Å²) in [5.74, 6) is 0. The Labute approximate surface area is 61.3 Å². The maximum Gasteiger partial charge on any atom is 0.328 e. The van der Waals surface area contributed by atoms with E-state index in [4.69, 9.17) is 0 Å². The first-order chi connectivity index (χ1) is 4.58. The standard InChI is InChI=1S/C5H14O4P/c1-4-10(6,7)5(8-2)9-3/h5-7H,4H2,1-3H3/q+1. The summed E-state index contributed by atoms with van der Waals surface area (Å²) in [6, 6.07) is -0.863. The van der Waals surface area contributed by atoms with Crippen LogP contribution in [0.4, 0.5) is 0 Å². The molecular weight excluding hydrogens is 155 g/mol. The van der Waals surface area contributed by atoms with E-state index in [2.05, 4.69) is 9.47 Å². The Bertz CT molecular complexity index is 91.6. The summed E-state index contributed by atoms with van der Waals surface area (Å²) in [5.41, 5.74) is 0. The lowest BCUT2D eigenvalue weighted by atomic mass is 11.0. The molecule has 0 aromatic heterocycles. The van der Waals surface area contributed by atoms with Gasteiger partial charge in [0.1, 0.15) is 6.16 Å². The van der Waals surface area contributed by atoms with Crippen LogP contribution in [0, 0.1) is 0 Å². The largest absolute Gasteiger partial charge is 0.328 e. The van der Waals surface area contributed by atoms with Gasteiger partial charge >= 0.3 is 13.7 Å². The van der Waals surface area contributed by atoms with Crippen molar-refractivity contribution in [1.29, 1.82) is 0 Å². The zero-order chi connectivity index (χ0) is 8.20. The number of ether oxygens (including phenoxy) is 2. The molecule has 0 spiro atoms. The van der Waals surface area contributed by atoms with Crippen molar-refractivity contribution in [3.63, 3.8) is 0 Å². The molecule has 0 aliphatic heterocycles. The van der Waals surface area contributed by atoms with Gasteiger partial charge in [-0.1, -0.05) is 0 Å². The minimum atomic E-state index is -2.98. The van der Waals surface area contributed by atoms with Gasteiger partial charge in [0.05, 0.1) is 0 Å². The van der Waals surface area contributed by atoms with Gasteiger partial charge in [0.25, 0.3) is 0 Å². The monoisotopic (exact) mass is 169 g/mol. The average Bonchev–Trinajstić information content (AvgIpc) is 1.90. The van der Waals surface area contributed by atoms with Gasteiger partial charge in [-0.05, 0) is 6.92 Å². The lowest BCUT2D eigenvalue weighted by Gasteiger charge is -2.17. The van der Waals surface area contributed by atoms with E-state index in [0.717, 1.165) is 0 Å². The Morgan fingerprint density at radius 2 is 1.70 bits per heavy atom. The highest BCUT2D eigenvalue weighted by molar-refractivity contribution is 7.64. The van der Waals surface area contributed by atoms with Crippen molar-refractivity contribution >= 4 is 7.72 Å². The topological polar surface area (TPSA) is 58.9 Å². The zero-order valence-corrected chi connectivity index (χ0v) is 7.34. The van der Waals surface area contributed by atoms with Gasteiger partial charge < -0.3 is 9.47 Å². The molecule has 0 aromatic carbocycles. The van der Waals surface area contributed by atoms with E-state index in [1.54, 1.807) is 6.92 Å². The van der Waals surface area contributed by atoms with Crippen LogP contribution in [-0.4, -0.2) is 36.2 Å². The Morgan fingerprint density at radius 1 is 1.30 bits per heavy atom. The molecule has 10 heavy (non-hydrogen) atoms. The van der Waals surface area contributed by atoms with Crippen LogP contribution >= 0.6 is 7.72 Å². The molecule has 0 amide bonds. The Balaban J connectivity index is 3.97. The van der Waals surface area contributed by atoms with Gasteiger partial charge in [-0.2, -0.15) is 0 Å². The predicted molar refractivity (Wildman–Crippen MR) is 39.7 cm³/mol. The second-order valence-electron chi connectivity index (χ2n) is 1.88. The smallest absolute Gasteiger partial charge is 0.321 e. The van der Waals surface area contributed by atoms with E-state index >= 15 is 0 Å². The molecule has 0 heterocycles. The summed E-state index contributed by atoms with van der Waals surface area (Å²) in [7, 11) is -0.218. The molecule has 0 aliphatic carbocycles. The van der Waals surface area contributed by atoms with Gasteiger partial charge in [-0.3, -0.25) is 0 Å². The molecule has 0 rings (SSSR count). The van der Waals surface area contributed by atoms with Gasteiger partial charge in [0.2, 0.25) is 0 Å². The highest BCUT2D eigenvalue weighted by Crippen LogP contribution is 2.54. The zero-order valence-electron chi connectivity index (χ0n) is 6.44. The minimum Gasteiger partial charge on any atom is -0.321 e. The fraction of sp³-hybridized carbons (Fsp3) is 1.00. The summed E-state index contributed by atoms with van der Waals surface area (Å²) < 4.78 is 9.36. The molecule has 5 heteroatoms. The average molecular weight is 169 g/mol. The molecule has 0 atom stereocenters. The van der Waals surface area contributed by atoms with Gasteiger partial charge in [-0.15, -0.1) is 0 Å². The molecule has 0 saturated carbocycles. The second-order valence-corrected chi connectivity index (χ2v) is 4.51. The van der Waals surface area contributed by atoms with Crippen LogP contribution in [0.2, 0.25) is 0 Å². The molecule has 0 aliphatic rings. The molecule has 4 nitrogen and oxygen atoms in total.